The van der Waals surface area contributed by atoms with E-state index in [9.17, 15) is 14.3 Å². The van der Waals surface area contributed by atoms with Crippen LogP contribution in [-0.4, -0.2) is 63.3 Å². The number of fused-ring (bicyclic) bond motifs is 1. The molecule has 3 aromatic rings. The van der Waals surface area contributed by atoms with Crippen LogP contribution in [0.25, 0.3) is 11.4 Å². The lowest BCUT2D eigenvalue weighted by atomic mass is 10.0. The number of nitrogens with zero attached hydrogens (tertiary/aromatic N) is 3. The Bertz CT molecular complexity index is 1200. The molecule has 10 heteroatoms. The summed E-state index contributed by atoms with van der Waals surface area (Å²) in [7, 11) is 0. The van der Waals surface area contributed by atoms with Gasteiger partial charge >= 0.3 is 0 Å². The Kier molecular flexibility index (Phi) is 6.49. The zero-order valence-corrected chi connectivity index (χ0v) is 19.2. The summed E-state index contributed by atoms with van der Waals surface area (Å²) in [6, 6.07) is 7.48. The number of aromatic amines is 1. The van der Waals surface area contributed by atoms with Crippen molar-refractivity contribution in [3.05, 3.63) is 64.2 Å². The van der Waals surface area contributed by atoms with Crippen LogP contribution in [0.1, 0.15) is 40.5 Å². The molecule has 1 amide bonds. The summed E-state index contributed by atoms with van der Waals surface area (Å²) in [5.74, 6) is -0.212. The monoisotopic (exact) mass is 485 g/mol. The van der Waals surface area contributed by atoms with Crippen molar-refractivity contribution in [1.29, 1.82) is 0 Å². The number of halogens is 2. The molecule has 0 unspecified atom stereocenters. The minimum Gasteiger partial charge on any atom is -0.394 e. The first-order chi connectivity index (χ1) is 16.5. The maximum Gasteiger partial charge on any atom is 0.256 e. The summed E-state index contributed by atoms with van der Waals surface area (Å²) in [6.45, 7) is 1.55. The molecule has 0 spiro atoms. The number of H-pyrrole nitrogens is 1. The molecule has 5 rings (SSSR count). The molecule has 1 fully saturated rings. The van der Waals surface area contributed by atoms with Crippen molar-refractivity contribution in [2.45, 2.75) is 31.3 Å². The van der Waals surface area contributed by atoms with Crippen LogP contribution in [0.3, 0.4) is 0 Å². The summed E-state index contributed by atoms with van der Waals surface area (Å²) in [5.41, 5.74) is 3.35. The normalized spacial score (nSPS) is 17.5. The molecule has 0 saturated carbocycles. The Hall–Kier alpha value is -3.01. The van der Waals surface area contributed by atoms with Crippen LogP contribution in [0.4, 0.5) is 10.3 Å². The lowest BCUT2D eigenvalue weighted by Gasteiger charge is -2.34. The van der Waals surface area contributed by atoms with Gasteiger partial charge in [0.25, 0.3) is 5.91 Å². The molecule has 8 nitrogen and oxygen atoms in total. The lowest BCUT2D eigenvalue weighted by Crippen LogP contribution is -2.41. The fraction of sp³-hybridized carbons (Fsp3) is 0.375. The Morgan fingerprint density at radius 3 is 2.88 bits per heavy atom. The number of aliphatic hydroxyl groups is 1. The van der Waals surface area contributed by atoms with Crippen molar-refractivity contribution in [3.8, 4) is 11.4 Å². The second-order valence-electron chi connectivity index (χ2n) is 8.49. The number of carbonyl (C=O) groups excluding carboxylic acids is 1. The Morgan fingerprint density at radius 1 is 1.29 bits per heavy atom. The molecular formula is C24H25ClFN5O3. The second-order valence-corrected chi connectivity index (χ2v) is 8.90. The van der Waals surface area contributed by atoms with E-state index < -0.39 is 11.9 Å². The van der Waals surface area contributed by atoms with Crippen LogP contribution in [0.15, 0.2) is 36.5 Å². The number of amides is 1. The standard InChI is InChI=1S/C24H25ClFN5O3/c25-17-11-14(1-2-18(17)26)22(13-32)31-8-4-19-16(23(31)33)12-21(29-19)20-3-7-27-24(30-20)28-15-5-9-34-10-6-15/h1-3,7,11-12,15,22,29,32H,4-6,8-10,13H2,(H,27,28,30)/t22-/m1/s1. The molecule has 1 atom stereocenters. The van der Waals surface area contributed by atoms with Gasteiger partial charge in [0.1, 0.15) is 5.82 Å². The van der Waals surface area contributed by atoms with Crippen LogP contribution in [0.5, 0.6) is 0 Å². The highest BCUT2D eigenvalue weighted by Crippen LogP contribution is 2.32. The van der Waals surface area contributed by atoms with Crippen LogP contribution < -0.4 is 5.32 Å². The molecule has 1 saturated heterocycles. The maximum absolute atomic E-state index is 13.6. The third-order valence-electron chi connectivity index (χ3n) is 6.36. The minimum atomic E-state index is -0.619. The summed E-state index contributed by atoms with van der Waals surface area (Å²) >= 11 is 5.93. The van der Waals surface area contributed by atoms with Gasteiger partial charge in [-0.25, -0.2) is 14.4 Å². The van der Waals surface area contributed by atoms with Crippen molar-refractivity contribution in [2.75, 3.05) is 31.7 Å². The molecule has 178 valence electrons. The van der Waals surface area contributed by atoms with E-state index in [1.54, 1.807) is 29.3 Å². The molecule has 2 aliphatic rings. The summed E-state index contributed by atoms with van der Waals surface area (Å²) in [6.07, 6.45) is 4.09. The Balaban J connectivity index is 1.37. The van der Waals surface area contributed by atoms with Crippen LogP contribution in [0.2, 0.25) is 5.02 Å². The van der Waals surface area contributed by atoms with Crippen molar-refractivity contribution < 1.29 is 19.0 Å². The fourth-order valence-corrected chi connectivity index (χ4v) is 4.70. The SMILES string of the molecule is O=C1c2cc(-c3ccnc(NC4CCOCC4)n3)[nH]c2CCN1[C@H](CO)c1ccc(F)c(Cl)c1. The quantitative estimate of drug-likeness (QED) is 0.493. The predicted molar refractivity (Wildman–Crippen MR) is 125 cm³/mol. The van der Waals surface area contributed by atoms with E-state index in [2.05, 4.69) is 20.3 Å². The van der Waals surface area contributed by atoms with Gasteiger partial charge in [-0.15, -0.1) is 0 Å². The Morgan fingerprint density at radius 2 is 2.12 bits per heavy atom. The molecule has 4 heterocycles. The van der Waals surface area contributed by atoms with Crippen molar-refractivity contribution in [1.82, 2.24) is 19.9 Å². The van der Waals surface area contributed by atoms with Gasteiger partial charge in [-0.3, -0.25) is 4.79 Å². The van der Waals surface area contributed by atoms with E-state index in [4.69, 9.17) is 16.3 Å². The number of aliphatic hydroxyl groups excluding tert-OH is 1. The fourth-order valence-electron chi connectivity index (χ4n) is 4.52. The highest BCUT2D eigenvalue weighted by Gasteiger charge is 2.32. The zero-order chi connectivity index (χ0) is 23.7. The van der Waals surface area contributed by atoms with E-state index in [1.165, 1.54) is 12.1 Å². The van der Waals surface area contributed by atoms with Gasteiger partial charge in [-0.2, -0.15) is 0 Å². The van der Waals surface area contributed by atoms with E-state index in [-0.39, 0.29) is 23.6 Å². The van der Waals surface area contributed by atoms with E-state index in [0.717, 1.165) is 37.4 Å². The first-order valence-corrected chi connectivity index (χ1v) is 11.7. The second kappa shape index (κ2) is 9.69. The molecule has 0 bridgehead atoms. The highest BCUT2D eigenvalue weighted by molar-refractivity contribution is 6.30. The maximum atomic E-state index is 13.6. The van der Waals surface area contributed by atoms with Crippen LogP contribution in [-0.2, 0) is 11.2 Å². The number of aromatic nitrogens is 3. The van der Waals surface area contributed by atoms with Gasteiger partial charge in [0.2, 0.25) is 5.95 Å². The lowest BCUT2D eigenvalue weighted by molar-refractivity contribution is 0.0569. The van der Waals surface area contributed by atoms with Gasteiger partial charge in [0, 0.05) is 44.1 Å². The molecule has 2 aromatic heterocycles. The topological polar surface area (TPSA) is 103 Å². The van der Waals surface area contributed by atoms with Gasteiger partial charge < -0.3 is 25.0 Å². The largest absolute Gasteiger partial charge is 0.394 e. The van der Waals surface area contributed by atoms with E-state index >= 15 is 0 Å². The van der Waals surface area contributed by atoms with Crippen molar-refractivity contribution >= 4 is 23.5 Å². The smallest absolute Gasteiger partial charge is 0.256 e. The molecular weight excluding hydrogens is 461 g/mol. The van der Waals surface area contributed by atoms with Gasteiger partial charge in [-0.05, 0) is 42.7 Å². The number of rotatable bonds is 6. The Labute approximate surface area is 201 Å². The first-order valence-electron chi connectivity index (χ1n) is 11.3. The van der Waals surface area contributed by atoms with E-state index in [0.29, 0.717) is 35.7 Å². The van der Waals surface area contributed by atoms with Crippen molar-refractivity contribution in [2.24, 2.45) is 0 Å². The molecule has 0 radical (unpaired) electrons. The minimum absolute atomic E-state index is 0.0426. The zero-order valence-electron chi connectivity index (χ0n) is 18.4. The highest BCUT2D eigenvalue weighted by atomic mass is 35.5. The summed E-state index contributed by atoms with van der Waals surface area (Å²) in [5, 5.41) is 13.4. The molecule has 34 heavy (non-hydrogen) atoms. The third-order valence-corrected chi connectivity index (χ3v) is 6.65. The number of hydrogen-bond donors (Lipinski definition) is 3. The average molecular weight is 486 g/mol. The molecule has 2 aliphatic heterocycles. The number of nitrogens with one attached hydrogen (secondary N) is 2. The number of ether oxygens (including phenoxy) is 1. The van der Waals surface area contributed by atoms with Gasteiger partial charge in [0.15, 0.2) is 0 Å². The molecule has 0 aliphatic carbocycles. The number of carbonyl (C=O) groups is 1. The molecule has 3 N–H and O–H groups in total. The number of benzene rings is 1. The van der Waals surface area contributed by atoms with Crippen LogP contribution >= 0.6 is 11.6 Å². The number of anilines is 1. The third kappa shape index (κ3) is 4.51. The van der Waals surface area contributed by atoms with Gasteiger partial charge in [-0.1, -0.05) is 17.7 Å². The van der Waals surface area contributed by atoms with Crippen LogP contribution in [0, 0.1) is 5.82 Å². The van der Waals surface area contributed by atoms with E-state index in [1.807, 2.05) is 0 Å². The predicted octanol–water partition coefficient (Wildman–Crippen LogP) is 3.59. The average Bonchev–Trinajstić information content (AvgIpc) is 3.29. The summed E-state index contributed by atoms with van der Waals surface area (Å²) in [4.78, 5) is 27.2. The summed E-state index contributed by atoms with van der Waals surface area (Å²) < 4.78 is 19.0. The molecule has 1 aromatic carbocycles. The van der Waals surface area contributed by atoms with Crippen molar-refractivity contribution in [3.63, 3.8) is 0 Å². The van der Waals surface area contributed by atoms with Gasteiger partial charge in [0.05, 0.1) is 34.6 Å². The number of hydrogen-bond acceptors (Lipinski definition) is 6. The first kappa shape index (κ1) is 22.8.